The van der Waals surface area contributed by atoms with Crippen molar-refractivity contribution in [1.29, 1.82) is 0 Å². The van der Waals surface area contributed by atoms with Crippen LogP contribution in [0.5, 0.6) is 0 Å². The predicted molar refractivity (Wildman–Crippen MR) is 327 cm³/mol. The Morgan fingerprint density at radius 3 is 1.08 bits per heavy atom. The molecule has 1 saturated heterocycles. The SMILES string of the molecule is C1CCC([PH+](C2CCCCC2)C2CCCCC2)CC1.Cc1cc(C)c(N2[CH-]N(c3c(C)cc(C)cc3C)CC2)c(C)c1.FC(Cl)=Cc1ccccc1.FC(F)=C(F)Cl.FC(F)=Cc1ccccc1.[Cl][Ru]([Cl])=[CH]c1ccccc1. The minimum absolute atomic E-state index is 0.0465. The van der Waals surface area contributed by atoms with Crippen LogP contribution in [0.4, 0.5) is 37.7 Å². The molecule has 0 bridgehead atoms. The van der Waals surface area contributed by atoms with Crippen LogP contribution in [0.15, 0.2) is 138 Å². The van der Waals surface area contributed by atoms with E-state index in [1.807, 2.05) is 53.1 Å². The standard InChI is InChI=1S/C21H27N2.C18H33P.C8H6ClF.C8H6F2.C7H6.C2ClF3.2ClH.Ru/c1-14-9-16(3)20(17(4)10-14)22-7-8-23(13-22)21-18(5)11-15(2)12-19(21)6;1-4-10-16(11-5-1)19(17-12-6-2-7-13-17)18-14-8-3-9-15-18;2*9-8(10)6-7-4-2-1-3-5-7;1-7-5-3-2-4-6-7;3-1(4)2(5)6;;;/h9-13H,7-8H2,1-6H3;16-18H,1-15H2;2*1-6H;1-6H;;2*1H;/q-1;;;;;;;;+2/p-1. The molecule has 0 N–H and O–H groups in total. The number of hydrogen-bond acceptors (Lipinski definition) is 2. The first kappa shape index (κ1) is 67.1. The monoisotopic (exact) mass is 1260 g/mol. The maximum atomic E-state index is 12.0. The molecule has 0 aromatic heterocycles. The second kappa shape index (κ2) is 36.8. The van der Waals surface area contributed by atoms with Crippen molar-refractivity contribution in [2.45, 2.75) is 155 Å². The number of anilines is 2. The van der Waals surface area contributed by atoms with Gasteiger partial charge in [0.05, 0.1) is 17.0 Å². The van der Waals surface area contributed by atoms with Gasteiger partial charge >= 0.3 is 79.5 Å². The molecule has 0 amide bonds. The van der Waals surface area contributed by atoms with E-state index in [2.05, 4.69) is 93.9 Å². The molecule has 428 valence electrons. The van der Waals surface area contributed by atoms with Crippen LogP contribution in [-0.4, -0.2) is 34.7 Å². The molecule has 4 fully saturated rings. The van der Waals surface area contributed by atoms with Crippen molar-refractivity contribution in [3.8, 4) is 0 Å². The zero-order valence-corrected chi connectivity index (χ0v) is 51.8. The van der Waals surface area contributed by atoms with Crippen LogP contribution in [0, 0.1) is 48.2 Å². The molecule has 0 spiro atoms. The minimum atomic E-state index is -2.48. The van der Waals surface area contributed by atoms with Crippen LogP contribution in [0.2, 0.25) is 0 Å². The quantitative estimate of drug-likeness (QED) is 0.0661. The van der Waals surface area contributed by atoms with Crippen LogP contribution >= 0.6 is 50.5 Å². The Kier molecular flexibility index (Phi) is 31.7. The van der Waals surface area contributed by atoms with Crippen molar-refractivity contribution < 1.29 is 39.9 Å². The first-order chi connectivity index (χ1) is 37.3. The van der Waals surface area contributed by atoms with Gasteiger partial charge in [0.15, 0.2) is 5.29 Å². The number of benzene rings is 5. The van der Waals surface area contributed by atoms with E-state index >= 15 is 0 Å². The summed E-state index contributed by atoms with van der Waals surface area (Å²) < 4.78 is 68.9. The fraction of sp³-hybridized carbons (Fsp3) is 0.406. The number of nitrogens with zero attached hydrogens (tertiary/aromatic N) is 2. The molecular formula is C64H79Cl4F6N2PRu. The third-order valence-corrected chi connectivity index (χ3v) is 20.9. The molecule has 1 aliphatic heterocycles. The summed E-state index contributed by atoms with van der Waals surface area (Å²) in [7, 11) is 11.3. The van der Waals surface area contributed by atoms with E-state index in [0.29, 0.717) is 5.56 Å². The maximum absolute atomic E-state index is 12.0. The normalized spacial score (nSPS) is 16.0. The van der Waals surface area contributed by atoms with Gasteiger partial charge in [-0.25, -0.2) is 0 Å². The van der Waals surface area contributed by atoms with Gasteiger partial charge in [0.2, 0.25) is 0 Å². The van der Waals surface area contributed by atoms with E-state index in [1.165, 1.54) is 67.8 Å². The summed E-state index contributed by atoms with van der Waals surface area (Å²) in [6.45, 7) is 17.6. The van der Waals surface area contributed by atoms with Crippen LogP contribution in [-0.2, 0) is 13.5 Å². The van der Waals surface area contributed by atoms with E-state index in [-0.39, 0.29) is 7.92 Å². The third-order valence-electron chi connectivity index (χ3n) is 14.2. The Hall–Kier alpha value is -3.42. The molecular weight excluding hydrogens is 1180 g/mol. The average molecular weight is 1260 g/mol. The van der Waals surface area contributed by atoms with Gasteiger partial charge in [-0.15, -0.1) is 0 Å². The fourth-order valence-electron chi connectivity index (χ4n) is 11.4. The molecule has 5 aromatic carbocycles. The van der Waals surface area contributed by atoms with Crippen molar-refractivity contribution in [3.05, 3.63) is 195 Å². The Bertz CT molecular complexity index is 2350. The van der Waals surface area contributed by atoms with Gasteiger partial charge in [0.25, 0.3) is 11.4 Å². The summed E-state index contributed by atoms with van der Waals surface area (Å²) >= 11 is 7.47. The van der Waals surface area contributed by atoms with E-state index in [1.54, 1.807) is 139 Å². The Morgan fingerprint density at radius 1 is 0.487 bits per heavy atom. The van der Waals surface area contributed by atoms with Crippen molar-refractivity contribution in [1.82, 2.24) is 0 Å². The third kappa shape index (κ3) is 25.2. The Labute approximate surface area is 487 Å². The van der Waals surface area contributed by atoms with Crippen LogP contribution in [0.1, 0.15) is 146 Å². The summed E-state index contributed by atoms with van der Waals surface area (Å²) in [5.41, 5.74) is 16.9. The molecule has 3 saturated carbocycles. The van der Waals surface area contributed by atoms with Gasteiger partial charge in [0, 0.05) is 38.5 Å². The number of aryl methyl sites for hydroxylation is 6. The van der Waals surface area contributed by atoms with Crippen LogP contribution in [0.25, 0.3) is 12.2 Å². The number of hydrogen-bond donors (Lipinski definition) is 0. The second-order valence-electron chi connectivity index (χ2n) is 20.4. The molecule has 4 aliphatic rings. The summed E-state index contributed by atoms with van der Waals surface area (Å²) in [6, 6.07) is 36.5. The van der Waals surface area contributed by atoms with E-state index in [9.17, 15) is 26.3 Å². The zero-order chi connectivity index (χ0) is 57.0. The van der Waals surface area contributed by atoms with Gasteiger partial charge < -0.3 is 9.80 Å². The zero-order valence-electron chi connectivity index (χ0n) is 46.1. The van der Waals surface area contributed by atoms with Gasteiger partial charge in [-0.05, 0) is 170 Å². The van der Waals surface area contributed by atoms with Gasteiger partial charge in [-0.3, -0.25) is 0 Å². The summed E-state index contributed by atoms with van der Waals surface area (Å²) in [4.78, 5) is 4.81. The molecule has 2 nitrogen and oxygen atoms in total. The summed E-state index contributed by atoms with van der Waals surface area (Å²) in [6.07, 6.45) is 21.8. The first-order valence-electron chi connectivity index (χ1n) is 27.1. The summed E-state index contributed by atoms with van der Waals surface area (Å²) in [5, 5.41) is -2.62. The fourth-order valence-corrected chi connectivity index (χ4v) is 18.5. The molecule has 78 heavy (non-hydrogen) atoms. The van der Waals surface area contributed by atoms with E-state index < -0.39 is 36.3 Å². The van der Waals surface area contributed by atoms with Crippen molar-refractivity contribution in [2.75, 3.05) is 22.9 Å². The van der Waals surface area contributed by atoms with E-state index in [4.69, 9.17) is 31.0 Å². The molecule has 0 unspecified atom stereocenters. The van der Waals surface area contributed by atoms with Gasteiger partial charge in [-0.2, -0.15) is 33.0 Å². The van der Waals surface area contributed by atoms with Crippen molar-refractivity contribution in [3.63, 3.8) is 0 Å². The van der Waals surface area contributed by atoms with Crippen LogP contribution < -0.4 is 9.80 Å². The second-order valence-corrected chi connectivity index (χ2v) is 30.3. The molecule has 0 atom stereocenters. The first-order valence-corrected chi connectivity index (χ1v) is 35.1. The molecule has 3 aliphatic carbocycles. The topological polar surface area (TPSA) is 6.48 Å². The predicted octanol–water partition coefficient (Wildman–Crippen LogP) is 22.3. The van der Waals surface area contributed by atoms with Gasteiger partial charge in [-0.1, -0.05) is 127 Å². The molecule has 0 radical (unpaired) electrons. The summed E-state index contributed by atoms with van der Waals surface area (Å²) in [5.74, 6) is 0. The number of halogens is 10. The van der Waals surface area contributed by atoms with Crippen molar-refractivity contribution in [2.24, 2.45) is 0 Å². The number of rotatable bonds is 8. The molecule has 9 rings (SSSR count). The Balaban J connectivity index is 0.000000214. The molecule has 14 heteroatoms. The molecule has 5 aromatic rings. The van der Waals surface area contributed by atoms with Crippen LogP contribution in [0.3, 0.4) is 0 Å². The van der Waals surface area contributed by atoms with E-state index in [0.717, 1.165) is 30.3 Å². The van der Waals surface area contributed by atoms with Gasteiger partial charge in [0.1, 0.15) is 0 Å². The van der Waals surface area contributed by atoms with Crippen molar-refractivity contribution >= 4 is 78.6 Å². The average Bonchev–Trinajstić information content (AvgIpc) is 3.88. The Morgan fingerprint density at radius 2 is 0.795 bits per heavy atom. The molecule has 1 heterocycles.